The lowest BCUT2D eigenvalue weighted by atomic mass is 10.1. The summed E-state index contributed by atoms with van der Waals surface area (Å²) in [6.45, 7) is 0. The lowest BCUT2D eigenvalue weighted by Crippen LogP contribution is -2.11. The summed E-state index contributed by atoms with van der Waals surface area (Å²) in [6.07, 6.45) is -4.86. The summed E-state index contributed by atoms with van der Waals surface area (Å²) in [6, 6.07) is 7.95. The van der Waals surface area contributed by atoms with Gasteiger partial charge in [0.05, 0.1) is 9.92 Å². The molecule has 27 heavy (non-hydrogen) atoms. The zero-order chi connectivity index (χ0) is 20.0. The number of nitrogens with two attached hydrogens (primary N) is 1. The van der Waals surface area contributed by atoms with Crippen LogP contribution in [0.2, 0.25) is 5.02 Å². The van der Waals surface area contributed by atoms with Crippen LogP contribution in [0.3, 0.4) is 0 Å². The van der Waals surface area contributed by atoms with E-state index in [0.717, 1.165) is 24.3 Å². The van der Waals surface area contributed by atoms with Crippen LogP contribution in [-0.2, 0) is 16.2 Å². The number of oxazole rings is 1. The standard InChI is InChI=1S/C16H9ClF4N2O3S/c17-11-7-9(3-6-12(11)18)14-13(23-15(26-14)16(19,20)21)8-1-4-10(5-2-8)27(22,24)25/h1-7H,(H2,22,24,25). The molecule has 2 N–H and O–H groups in total. The molecule has 0 saturated heterocycles. The van der Waals surface area contributed by atoms with Crippen molar-refractivity contribution in [3.63, 3.8) is 0 Å². The number of hydrogen-bond acceptors (Lipinski definition) is 4. The first-order valence-electron chi connectivity index (χ1n) is 7.13. The molecular weight excluding hydrogens is 412 g/mol. The summed E-state index contributed by atoms with van der Waals surface area (Å²) in [7, 11) is -3.98. The molecule has 0 amide bonds. The molecule has 1 heterocycles. The van der Waals surface area contributed by atoms with Crippen molar-refractivity contribution in [3.8, 4) is 22.6 Å². The number of sulfonamides is 1. The molecule has 0 bridgehead atoms. The highest BCUT2D eigenvalue weighted by molar-refractivity contribution is 7.89. The second kappa shape index (κ2) is 6.63. The number of benzene rings is 2. The molecular formula is C16H9ClF4N2O3S. The minimum atomic E-state index is -4.86. The van der Waals surface area contributed by atoms with Crippen LogP contribution in [-0.4, -0.2) is 13.4 Å². The largest absolute Gasteiger partial charge is 0.468 e. The molecule has 3 rings (SSSR count). The lowest BCUT2D eigenvalue weighted by molar-refractivity contribution is -0.156. The third kappa shape index (κ3) is 3.97. The van der Waals surface area contributed by atoms with Crippen molar-refractivity contribution in [1.82, 2.24) is 4.98 Å². The first kappa shape index (κ1) is 19.3. The fourth-order valence-electron chi connectivity index (χ4n) is 2.27. The van der Waals surface area contributed by atoms with Crippen molar-refractivity contribution in [2.24, 2.45) is 5.14 Å². The molecule has 0 aliphatic heterocycles. The van der Waals surface area contributed by atoms with Crippen molar-refractivity contribution in [1.29, 1.82) is 0 Å². The predicted octanol–water partition coefficient (Wildman–Crippen LogP) is 4.47. The normalized spacial score (nSPS) is 12.4. The fraction of sp³-hybridized carbons (Fsp3) is 0.0625. The molecule has 0 radical (unpaired) electrons. The SMILES string of the molecule is NS(=O)(=O)c1ccc(-c2nc(C(F)(F)F)oc2-c2ccc(F)c(Cl)c2)cc1. The Morgan fingerprint density at radius 1 is 1.04 bits per heavy atom. The summed E-state index contributed by atoms with van der Waals surface area (Å²) in [5, 5.41) is 4.69. The Morgan fingerprint density at radius 3 is 2.15 bits per heavy atom. The van der Waals surface area contributed by atoms with Crippen molar-refractivity contribution < 1.29 is 30.4 Å². The number of hydrogen-bond donors (Lipinski definition) is 1. The predicted molar refractivity (Wildman–Crippen MR) is 88.7 cm³/mol. The molecule has 0 spiro atoms. The van der Waals surface area contributed by atoms with E-state index in [1.807, 2.05) is 0 Å². The molecule has 142 valence electrons. The van der Waals surface area contributed by atoms with Crippen LogP contribution in [0.15, 0.2) is 51.8 Å². The summed E-state index contributed by atoms with van der Waals surface area (Å²) in [4.78, 5) is 3.24. The van der Waals surface area contributed by atoms with Gasteiger partial charge in [-0.1, -0.05) is 23.7 Å². The maximum atomic E-state index is 13.4. The van der Waals surface area contributed by atoms with E-state index in [1.54, 1.807) is 0 Å². The van der Waals surface area contributed by atoms with E-state index in [1.165, 1.54) is 18.2 Å². The smallest absolute Gasteiger partial charge is 0.432 e. The van der Waals surface area contributed by atoms with E-state index in [-0.39, 0.29) is 32.5 Å². The van der Waals surface area contributed by atoms with Gasteiger partial charge in [-0.15, -0.1) is 0 Å². The third-order valence-electron chi connectivity index (χ3n) is 3.51. The number of nitrogens with zero attached hydrogens (tertiary/aromatic N) is 1. The van der Waals surface area contributed by atoms with Crippen LogP contribution in [0, 0.1) is 5.82 Å². The Morgan fingerprint density at radius 2 is 1.63 bits per heavy atom. The minimum Gasteiger partial charge on any atom is -0.432 e. The topological polar surface area (TPSA) is 86.2 Å². The van der Waals surface area contributed by atoms with Crippen molar-refractivity contribution in [2.75, 3.05) is 0 Å². The van der Waals surface area contributed by atoms with Gasteiger partial charge >= 0.3 is 12.1 Å². The van der Waals surface area contributed by atoms with Gasteiger partial charge in [0.25, 0.3) is 0 Å². The minimum absolute atomic E-state index is 0.0647. The summed E-state index contributed by atoms with van der Waals surface area (Å²) in [5.74, 6) is -2.56. The Balaban J connectivity index is 2.19. The Hall–Kier alpha value is -2.43. The molecule has 0 saturated carbocycles. The van der Waals surface area contributed by atoms with E-state index >= 15 is 0 Å². The Bertz CT molecular complexity index is 1110. The fourth-order valence-corrected chi connectivity index (χ4v) is 2.97. The molecule has 0 atom stereocenters. The van der Waals surface area contributed by atoms with E-state index in [4.69, 9.17) is 21.2 Å². The zero-order valence-electron chi connectivity index (χ0n) is 13.1. The van der Waals surface area contributed by atoms with Crippen molar-refractivity contribution >= 4 is 21.6 Å². The van der Waals surface area contributed by atoms with Crippen molar-refractivity contribution in [2.45, 2.75) is 11.1 Å². The van der Waals surface area contributed by atoms with Crippen LogP contribution in [0.4, 0.5) is 17.6 Å². The third-order valence-corrected chi connectivity index (χ3v) is 4.73. The van der Waals surface area contributed by atoms with Gasteiger partial charge in [-0.25, -0.2) is 22.9 Å². The molecule has 11 heteroatoms. The quantitative estimate of drug-likeness (QED) is 0.633. The average molecular weight is 421 g/mol. The van der Waals surface area contributed by atoms with E-state index in [0.29, 0.717) is 0 Å². The second-order valence-corrected chi connectivity index (χ2v) is 7.36. The zero-order valence-corrected chi connectivity index (χ0v) is 14.7. The number of aromatic nitrogens is 1. The Labute approximate surface area is 155 Å². The molecule has 0 fully saturated rings. The van der Waals surface area contributed by atoms with Crippen molar-refractivity contribution in [3.05, 3.63) is 59.2 Å². The Kier molecular flexibility index (Phi) is 4.74. The number of rotatable bonds is 3. The first-order chi connectivity index (χ1) is 12.5. The average Bonchev–Trinajstić information content (AvgIpc) is 3.02. The summed E-state index contributed by atoms with van der Waals surface area (Å²) < 4.78 is 80.0. The molecule has 2 aromatic carbocycles. The molecule has 0 aliphatic rings. The van der Waals surface area contributed by atoms with Crippen LogP contribution >= 0.6 is 11.6 Å². The summed E-state index contributed by atoms with van der Waals surface area (Å²) in [5.41, 5.74) is -0.0158. The van der Waals surface area contributed by atoms with Gasteiger partial charge in [-0.3, -0.25) is 0 Å². The molecule has 3 aromatic rings. The van der Waals surface area contributed by atoms with Crippen LogP contribution in [0.25, 0.3) is 22.6 Å². The van der Waals surface area contributed by atoms with Crippen LogP contribution in [0.5, 0.6) is 0 Å². The van der Waals surface area contributed by atoms with Crippen LogP contribution < -0.4 is 5.14 Å². The van der Waals surface area contributed by atoms with E-state index in [2.05, 4.69) is 4.98 Å². The molecule has 1 aromatic heterocycles. The highest BCUT2D eigenvalue weighted by Crippen LogP contribution is 2.39. The van der Waals surface area contributed by atoms with Gasteiger partial charge in [0.15, 0.2) is 5.76 Å². The second-order valence-electron chi connectivity index (χ2n) is 5.39. The molecule has 0 aliphatic carbocycles. The highest BCUT2D eigenvalue weighted by Gasteiger charge is 2.39. The summed E-state index contributed by atoms with van der Waals surface area (Å²) >= 11 is 5.69. The van der Waals surface area contributed by atoms with Gasteiger partial charge < -0.3 is 4.42 Å². The van der Waals surface area contributed by atoms with Crippen LogP contribution in [0.1, 0.15) is 5.89 Å². The molecule has 5 nitrogen and oxygen atoms in total. The number of halogens is 5. The van der Waals surface area contributed by atoms with Gasteiger partial charge in [0.2, 0.25) is 10.0 Å². The monoisotopic (exact) mass is 420 g/mol. The maximum absolute atomic E-state index is 13.4. The van der Waals surface area contributed by atoms with E-state index < -0.39 is 27.9 Å². The number of alkyl halides is 3. The molecule has 0 unspecified atom stereocenters. The first-order valence-corrected chi connectivity index (χ1v) is 9.06. The van der Waals surface area contributed by atoms with Gasteiger partial charge in [-0.2, -0.15) is 13.2 Å². The van der Waals surface area contributed by atoms with Gasteiger partial charge in [0, 0.05) is 11.1 Å². The van der Waals surface area contributed by atoms with Gasteiger partial charge in [-0.05, 0) is 30.3 Å². The maximum Gasteiger partial charge on any atom is 0.468 e. The number of primary sulfonamides is 1. The van der Waals surface area contributed by atoms with E-state index in [9.17, 15) is 26.0 Å². The van der Waals surface area contributed by atoms with Gasteiger partial charge in [0.1, 0.15) is 11.5 Å². The highest BCUT2D eigenvalue weighted by atomic mass is 35.5. The lowest BCUT2D eigenvalue weighted by Gasteiger charge is -2.04.